The van der Waals surface area contributed by atoms with Crippen molar-refractivity contribution in [3.63, 3.8) is 0 Å². The van der Waals surface area contributed by atoms with Gasteiger partial charge in [-0.15, -0.1) is 0 Å². The molecule has 5 rings (SSSR count). The molecule has 1 aromatic carbocycles. The highest BCUT2D eigenvalue weighted by Gasteiger charge is 2.45. The van der Waals surface area contributed by atoms with Crippen LogP contribution in [0.2, 0.25) is 0 Å². The van der Waals surface area contributed by atoms with Crippen LogP contribution in [-0.2, 0) is 9.59 Å². The van der Waals surface area contributed by atoms with E-state index in [0.717, 1.165) is 23.8 Å². The maximum Gasteiger partial charge on any atom is 0.264 e. The predicted octanol–water partition coefficient (Wildman–Crippen LogP) is 3.96. The van der Waals surface area contributed by atoms with Crippen molar-refractivity contribution in [2.24, 2.45) is 11.8 Å². The Morgan fingerprint density at radius 2 is 1.68 bits per heavy atom. The van der Waals surface area contributed by atoms with Gasteiger partial charge < -0.3 is 10.2 Å². The number of hydrogen-bond acceptors (Lipinski definition) is 6. The minimum absolute atomic E-state index is 0.119. The van der Waals surface area contributed by atoms with Gasteiger partial charge in [0.05, 0.1) is 11.1 Å². The molecule has 0 aromatic heterocycles. The first-order valence-electron chi connectivity index (χ1n) is 14.2. The third-order valence-corrected chi connectivity index (χ3v) is 9.05. The Morgan fingerprint density at radius 3 is 2.41 bits per heavy atom. The van der Waals surface area contributed by atoms with Gasteiger partial charge in [0.1, 0.15) is 6.04 Å². The third-order valence-electron chi connectivity index (χ3n) is 9.05. The lowest BCUT2D eigenvalue weighted by Gasteiger charge is -2.37. The fourth-order valence-corrected chi connectivity index (χ4v) is 6.87. The maximum absolute atomic E-state index is 13.3. The molecule has 3 fully saturated rings. The van der Waals surface area contributed by atoms with Gasteiger partial charge in [-0.1, -0.05) is 25.3 Å². The van der Waals surface area contributed by atoms with E-state index in [1.54, 1.807) is 12.1 Å². The first-order chi connectivity index (χ1) is 17.9. The number of fused-ring (bicyclic) bond motifs is 1. The van der Waals surface area contributed by atoms with Crippen molar-refractivity contribution in [3.8, 4) is 0 Å². The summed E-state index contributed by atoms with van der Waals surface area (Å²) in [6, 6.07) is 5.00. The van der Waals surface area contributed by atoms with E-state index >= 15 is 0 Å². The van der Waals surface area contributed by atoms with Crippen molar-refractivity contribution in [2.45, 2.75) is 89.1 Å². The maximum atomic E-state index is 13.3. The predicted molar refractivity (Wildman–Crippen MR) is 141 cm³/mol. The monoisotopic (exact) mass is 508 g/mol. The van der Waals surface area contributed by atoms with E-state index in [1.165, 1.54) is 64.3 Å². The van der Waals surface area contributed by atoms with Gasteiger partial charge >= 0.3 is 0 Å². The standard InChI is InChI=1S/C29H40N4O4/c1-32(18-20-6-3-2-4-7-20)21-12-10-19(11-13-21)16-17-30-23-9-5-8-22-26(23)29(37)33(28(22)36)24-14-15-25(34)31-27(24)35/h5,8-9,19-21,24,30H,2-4,6-7,10-18H2,1H3,(H,31,34,35)/t19-,21-,24?. The number of nitrogens with one attached hydrogen (secondary N) is 2. The van der Waals surface area contributed by atoms with Crippen LogP contribution in [0.1, 0.15) is 97.8 Å². The summed E-state index contributed by atoms with van der Waals surface area (Å²) in [6.07, 6.45) is 13.3. The number of amides is 4. The lowest BCUT2D eigenvalue weighted by atomic mass is 9.82. The first-order valence-corrected chi connectivity index (χ1v) is 14.2. The van der Waals surface area contributed by atoms with Crippen molar-refractivity contribution < 1.29 is 19.2 Å². The summed E-state index contributed by atoms with van der Waals surface area (Å²) in [5.74, 6) is -0.326. The number of rotatable bonds is 8. The van der Waals surface area contributed by atoms with Crippen molar-refractivity contribution >= 4 is 29.3 Å². The van der Waals surface area contributed by atoms with E-state index in [-0.39, 0.29) is 18.7 Å². The quantitative estimate of drug-likeness (QED) is 0.516. The molecule has 4 aliphatic rings. The smallest absolute Gasteiger partial charge is 0.264 e. The Balaban J connectivity index is 1.12. The minimum atomic E-state index is -0.940. The van der Waals surface area contributed by atoms with E-state index in [1.807, 2.05) is 6.07 Å². The van der Waals surface area contributed by atoms with Crippen molar-refractivity contribution in [3.05, 3.63) is 29.3 Å². The number of anilines is 1. The highest BCUT2D eigenvalue weighted by Crippen LogP contribution is 2.34. The minimum Gasteiger partial charge on any atom is -0.384 e. The van der Waals surface area contributed by atoms with Gasteiger partial charge in [0.2, 0.25) is 11.8 Å². The summed E-state index contributed by atoms with van der Waals surface area (Å²) in [5.41, 5.74) is 1.30. The Hall–Kier alpha value is -2.74. The zero-order valence-electron chi connectivity index (χ0n) is 22.0. The highest BCUT2D eigenvalue weighted by atomic mass is 16.2. The molecule has 2 heterocycles. The molecule has 0 spiro atoms. The van der Waals surface area contributed by atoms with Crippen LogP contribution >= 0.6 is 0 Å². The molecule has 4 amide bonds. The summed E-state index contributed by atoms with van der Waals surface area (Å²) >= 11 is 0. The first kappa shape index (κ1) is 25.9. The van der Waals surface area contributed by atoms with Crippen LogP contribution in [0.3, 0.4) is 0 Å². The molecule has 2 aliphatic heterocycles. The van der Waals surface area contributed by atoms with Crippen molar-refractivity contribution in [1.82, 2.24) is 15.1 Å². The van der Waals surface area contributed by atoms with E-state index in [9.17, 15) is 19.2 Å². The molecule has 2 saturated carbocycles. The van der Waals surface area contributed by atoms with Crippen molar-refractivity contribution in [1.29, 1.82) is 0 Å². The van der Waals surface area contributed by atoms with E-state index < -0.39 is 23.8 Å². The third kappa shape index (κ3) is 5.59. The number of benzene rings is 1. The van der Waals surface area contributed by atoms with Gasteiger partial charge in [-0.3, -0.25) is 29.4 Å². The average Bonchev–Trinajstić information content (AvgIpc) is 3.15. The summed E-state index contributed by atoms with van der Waals surface area (Å²) in [6.45, 7) is 1.99. The Kier molecular flexibility index (Phi) is 7.93. The molecule has 1 saturated heterocycles. The Bertz CT molecular complexity index is 1040. The van der Waals surface area contributed by atoms with Crippen LogP contribution in [-0.4, -0.2) is 65.6 Å². The zero-order chi connectivity index (χ0) is 25.9. The molecule has 200 valence electrons. The lowest BCUT2D eigenvalue weighted by Crippen LogP contribution is -2.54. The van der Waals surface area contributed by atoms with Crippen LogP contribution in [0.4, 0.5) is 5.69 Å². The van der Waals surface area contributed by atoms with Crippen LogP contribution < -0.4 is 10.6 Å². The lowest BCUT2D eigenvalue weighted by molar-refractivity contribution is -0.136. The molecule has 1 unspecified atom stereocenters. The second-order valence-electron chi connectivity index (χ2n) is 11.5. The highest BCUT2D eigenvalue weighted by molar-refractivity contribution is 6.25. The summed E-state index contributed by atoms with van der Waals surface area (Å²) in [7, 11) is 2.31. The van der Waals surface area contributed by atoms with Gasteiger partial charge in [0.25, 0.3) is 11.8 Å². The molecule has 1 aromatic rings. The van der Waals surface area contributed by atoms with E-state index in [4.69, 9.17) is 0 Å². The molecule has 2 N–H and O–H groups in total. The number of imide groups is 2. The number of piperidine rings is 1. The summed E-state index contributed by atoms with van der Waals surface area (Å²) < 4.78 is 0. The molecule has 0 radical (unpaired) electrons. The van der Waals surface area contributed by atoms with Crippen LogP contribution in [0.25, 0.3) is 0 Å². The van der Waals surface area contributed by atoms with Gasteiger partial charge in [-0.2, -0.15) is 0 Å². The van der Waals surface area contributed by atoms with Crippen molar-refractivity contribution in [2.75, 3.05) is 25.5 Å². The van der Waals surface area contributed by atoms with E-state index in [0.29, 0.717) is 28.8 Å². The largest absolute Gasteiger partial charge is 0.384 e. The average molecular weight is 509 g/mol. The topological polar surface area (TPSA) is 98.8 Å². The van der Waals surface area contributed by atoms with Gasteiger partial charge in [0, 0.05) is 31.2 Å². The SMILES string of the molecule is CN(CC1CCCCC1)[C@H]1CC[C@H](CCNc2cccc3c2C(=O)N(C2CCC(=O)NC2=O)C3=O)CC1. The molecule has 0 bridgehead atoms. The molecular formula is C29H40N4O4. The molecule has 8 heteroatoms. The zero-order valence-corrected chi connectivity index (χ0v) is 22.0. The second kappa shape index (κ2) is 11.3. The molecule has 1 atom stereocenters. The van der Waals surface area contributed by atoms with E-state index in [2.05, 4.69) is 22.6 Å². The molecular weight excluding hydrogens is 468 g/mol. The molecule has 37 heavy (non-hydrogen) atoms. The second-order valence-corrected chi connectivity index (χ2v) is 11.5. The Labute approximate surface area is 219 Å². The number of carbonyl (C=O) groups excluding carboxylic acids is 4. The molecule has 8 nitrogen and oxygen atoms in total. The van der Waals surface area contributed by atoms with Gasteiger partial charge in [-0.25, -0.2) is 0 Å². The summed E-state index contributed by atoms with van der Waals surface area (Å²) in [5, 5.41) is 5.66. The van der Waals surface area contributed by atoms with Gasteiger partial charge in [-0.05, 0) is 82.4 Å². The fraction of sp³-hybridized carbons (Fsp3) is 0.655. The van der Waals surface area contributed by atoms with Gasteiger partial charge in [0.15, 0.2) is 0 Å². The fourth-order valence-electron chi connectivity index (χ4n) is 6.87. The summed E-state index contributed by atoms with van der Waals surface area (Å²) in [4.78, 5) is 53.8. The Morgan fingerprint density at radius 1 is 0.919 bits per heavy atom. The normalized spacial score (nSPS) is 27.0. The van der Waals surface area contributed by atoms with Crippen LogP contribution in [0.5, 0.6) is 0 Å². The number of carbonyl (C=O) groups is 4. The van der Waals surface area contributed by atoms with Crippen LogP contribution in [0, 0.1) is 11.8 Å². The number of hydrogen-bond donors (Lipinski definition) is 2. The van der Waals surface area contributed by atoms with Crippen LogP contribution in [0.15, 0.2) is 18.2 Å². The molecule has 2 aliphatic carbocycles. The number of nitrogens with zero attached hydrogens (tertiary/aromatic N) is 2.